The third-order valence-corrected chi connectivity index (χ3v) is 6.24. The number of aliphatic hydroxyl groups is 1. The molecule has 1 fully saturated rings. The zero-order chi connectivity index (χ0) is 20.9. The monoisotopic (exact) mass is 438 g/mol. The van der Waals surface area contributed by atoms with Crippen LogP contribution in [0.3, 0.4) is 0 Å². The third kappa shape index (κ3) is 6.64. The van der Waals surface area contributed by atoms with Crippen molar-refractivity contribution in [1.82, 2.24) is 15.1 Å². The highest BCUT2D eigenvalue weighted by Crippen LogP contribution is 2.26. The lowest BCUT2D eigenvalue weighted by Gasteiger charge is -2.27. The Hall–Kier alpha value is -1.74. The number of carbonyl (C=O) groups excluding carboxylic acids is 1. The first kappa shape index (κ1) is 22.0. The average Bonchev–Trinajstić information content (AvgIpc) is 3.05. The van der Waals surface area contributed by atoms with Gasteiger partial charge in [0, 0.05) is 17.5 Å². The Bertz CT molecular complexity index is 832. The number of hydrogen-bond donors (Lipinski definition) is 2. The number of aromatic nitrogens is 2. The Labute approximate surface area is 180 Å². The summed E-state index contributed by atoms with van der Waals surface area (Å²) >= 11 is 7.38. The molecule has 1 atom stereocenters. The highest BCUT2D eigenvalue weighted by atomic mass is 35.5. The number of rotatable bonds is 7. The Balaban J connectivity index is 1.47. The van der Waals surface area contributed by atoms with Crippen molar-refractivity contribution in [3.8, 4) is 5.75 Å². The number of nitrogens with zero attached hydrogens (tertiary/aromatic N) is 3. The van der Waals surface area contributed by atoms with Gasteiger partial charge in [-0.25, -0.2) is 0 Å². The van der Waals surface area contributed by atoms with E-state index in [9.17, 15) is 9.90 Å². The van der Waals surface area contributed by atoms with Gasteiger partial charge in [0.25, 0.3) is 0 Å². The van der Waals surface area contributed by atoms with Crippen LogP contribution in [-0.2, 0) is 4.79 Å². The van der Waals surface area contributed by atoms with Crippen LogP contribution in [0.1, 0.15) is 44.0 Å². The van der Waals surface area contributed by atoms with E-state index < -0.39 is 5.60 Å². The first-order valence-corrected chi connectivity index (χ1v) is 11.0. The average molecular weight is 439 g/mol. The Kier molecular flexibility index (Phi) is 7.45. The summed E-state index contributed by atoms with van der Waals surface area (Å²) in [4.78, 5) is 14.4. The van der Waals surface area contributed by atoms with Crippen molar-refractivity contribution >= 4 is 34.0 Å². The Morgan fingerprint density at radius 2 is 2.21 bits per heavy atom. The van der Waals surface area contributed by atoms with E-state index in [1.165, 1.54) is 11.3 Å². The summed E-state index contributed by atoms with van der Waals surface area (Å²) in [6.45, 7) is 5.93. The number of likely N-dealkylation sites (tertiary alicyclic amines) is 1. The molecule has 1 unspecified atom stereocenters. The van der Waals surface area contributed by atoms with Gasteiger partial charge in [0.05, 0.1) is 12.1 Å². The molecule has 0 spiro atoms. The fourth-order valence-corrected chi connectivity index (χ4v) is 4.13. The van der Waals surface area contributed by atoms with Gasteiger partial charge in [-0.3, -0.25) is 15.0 Å². The van der Waals surface area contributed by atoms with Crippen LogP contribution in [-0.4, -0.2) is 58.0 Å². The van der Waals surface area contributed by atoms with Crippen molar-refractivity contribution in [2.75, 3.05) is 31.6 Å². The summed E-state index contributed by atoms with van der Waals surface area (Å²) < 4.78 is 5.76. The molecule has 1 aromatic heterocycles. The molecule has 0 aliphatic carbocycles. The van der Waals surface area contributed by atoms with Crippen LogP contribution in [0, 0.1) is 0 Å². The maximum absolute atomic E-state index is 12.4. The van der Waals surface area contributed by atoms with Gasteiger partial charge < -0.3 is 9.84 Å². The van der Waals surface area contributed by atoms with Crippen molar-refractivity contribution in [3.63, 3.8) is 0 Å². The van der Waals surface area contributed by atoms with Crippen LogP contribution in [0.15, 0.2) is 24.3 Å². The molecule has 1 aromatic carbocycles. The van der Waals surface area contributed by atoms with Crippen LogP contribution in [0.5, 0.6) is 5.75 Å². The minimum Gasteiger partial charge on any atom is -0.491 e. The van der Waals surface area contributed by atoms with Crippen molar-refractivity contribution in [2.24, 2.45) is 0 Å². The lowest BCUT2D eigenvalue weighted by molar-refractivity contribution is -0.117. The molecule has 1 amide bonds. The second-order valence-electron chi connectivity index (χ2n) is 7.75. The zero-order valence-electron chi connectivity index (χ0n) is 16.7. The summed E-state index contributed by atoms with van der Waals surface area (Å²) in [5.74, 6) is 0.817. The molecule has 2 heterocycles. The molecule has 1 aliphatic heterocycles. The maximum Gasteiger partial charge on any atom is 0.240 e. The molecule has 158 valence electrons. The summed E-state index contributed by atoms with van der Waals surface area (Å²) in [6, 6.07) is 7.15. The molecular weight excluding hydrogens is 412 g/mol. The zero-order valence-corrected chi connectivity index (χ0v) is 18.3. The van der Waals surface area contributed by atoms with Gasteiger partial charge >= 0.3 is 0 Å². The molecule has 0 radical (unpaired) electrons. The molecule has 2 N–H and O–H groups in total. The fraction of sp³-hybridized carbons (Fsp3) is 0.550. The molecule has 7 nitrogen and oxygen atoms in total. The van der Waals surface area contributed by atoms with Gasteiger partial charge in [-0.15, -0.1) is 10.2 Å². The van der Waals surface area contributed by atoms with E-state index >= 15 is 0 Å². The quantitative estimate of drug-likeness (QED) is 0.687. The van der Waals surface area contributed by atoms with E-state index in [0.29, 0.717) is 35.3 Å². The van der Waals surface area contributed by atoms with Crippen LogP contribution in [0.4, 0.5) is 5.13 Å². The summed E-state index contributed by atoms with van der Waals surface area (Å²) in [6.07, 6.45) is 1.95. The fourth-order valence-electron chi connectivity index (χ4n) is 3.19. The van der Waals surface area contributed by atoms with Gasteiger partial charge in [0.2, 0.25) is 11.0 Å². The smallest absolute Gasteiger partial charge is 0.240 e. The summed E-state index contributed by atoms with van der Waals surface area (Å²) in [7, 11) is 0. The first-order chi connectivity index (χ1) is 13.8. The van der Waals surface area contributed by atoms with E-state index in [-0.39, 0.29) is 25.0 Å². The predicted octanol–water partition coefficient (Wildman–Crippen LogP) is 3.55. The normalized spacial score (nSPS) is 20.4. The number of benzene rings is 1. The van der Waals surface area contributed by atoms with E-state index in [1.807, 2.05) is 26.0 Å². The molecule has 0 saturated carbocycles. The van der Waals surface area contributed by atoms with Crippen LogP contribution >= 0.6 is 22.9 Å². The number of anilines is 1. The predicted molar refractivity (Wildman–Crippen MR) is 115 cm³/mol. The number of carbonyl (C=O) groups is 1. The molecule has 9 heteroatoms. The Morgan fingerprint density at radius 1 is 1.38 bits per heavy atom. The van der Waals surface area contributed by atoms with E-state index in [0.717, 1.165) is 18.0 Å². The number of halogens is 1. The molecule has 0 bridgehead atoms. The van der Waals surface area contributed by atoms with E-state index in [4.69, 9.17) is 16.3 Å². The number of amides is 1. The molecular formula is C20H27ClN4O3S. The van der Waals surface area contributed by atoms with E-state index in [2.05, 4.69) is 20.4 Å². The number of ether oxygens (including phenoxy) is 1. The van der Waals surface area contributed by atoms with Crippen LogP contribution in [0.2, 0.25) is 5.02 Å². The molecule has 3 rings (SSSR count). The van der Waals surface area contributed by atoms with Crippen molar-refractivity contribution in [3.05, 3.63) is 34.3 Å². The first-order valence-electron chi connectivity index (χ1n) is 9.79. The highest BCUT2D eigenvalue weighted by Gasteiger charge is 2.31. The third-order valence-electron chi connectivity index (χ3n) is 4.86. The largest absolute Gasteiger partial charge is 0.491 e. The summed E-state index contributed by atoms with van der Waals surface area (Å²) in [5.41, 5.74) is -0.918. The van der Waals surface area contributed by atoms with Crippen LogP contribution in [0.25, 0.3) is 0 Å². The summed E-state index contributed by atoms with van der Waals surface area (Å²) in [5, 5.41) is 23.9. The van der Waals surface area contributed by atoms with Gasteiger partial charge in [-0.05, 0) is 44.0 Å². The van der Waals surface area contributed by atoms with Gasteiger partial charge in [-0.2, -0.15) is 0 Å². The standard InChI is InChI=1S/C20H27ClN4O3S/c1-14(2)18-23-24-19(29-18)22-17(26)12-25-9-4-7-20(27,8-10-25)13-28-16-6-3-5-15(21)11-16/h3,5-6,11,14,27H,4,7-10,12-13H2,1-2H3,(H,22,24,26). The van der Waals surface area contributed by atoms with Crippen LogP contribution < -0.4 is 10.1 Å². The van der Waals surface area contributed by atoms with Gasteiger partial charge in [0.15, 0.2) is 0 Å². The van der Waals surface area contributed by atoms with Gasteiger partial charge in [-0.1, -0.05) is 42.9 Å². The number of hydrogen-bond acceptors (Lipinski definition) is 7. The van der Waals surface area contributed by atoms with Gasteiger partial charge in [0.1, 0.15) is 17.4 Å². The van der Waals surface area contributed by atoms with Crippen molar-refractivity contribution < 1.29 is 14.6 Å². The second-order valence-corrected chi connectivity index (χ2v) is 9.19. The second kappa shape index (κ2) is 9.84. The molecule has 2 aromatic rings. The molecule has 1 saturated heterocycles. The lowest BCUT2D eigenvalue weighted by atomic mass is 9.96. The Morgan fingerprint density at radius 3 is 2.93 bits per heavy atom. The molecule has 1 aliphatic rings. The topological polar surface area (TPSA) is 87.6 Å². The number of nitrogens with one attached hydrogen (secondary N) is 1. The minimum atomic E-state index is -0.918. The van der Waals surface area contributed by atoms with Crippen molar-refractivity contribution in [1.29, 1.82) is 0 Å². The van der Waals surface area contributed by atoms with E-state index in [1.54, 1.807) is 12.1 Å². The lowest BCUT2D eigenvalue weighted by Crippen LogP contribution is -2.38. The minimum absolute atomic E-state index is 0.114. The maximum atomic E-state index is 12.4. The molecule has 29 heavy (non-hydrogen) atoms. The highest BCUT2D eigenvalue weighted by molar-refractivity contribution is 7.15. The SMILES string of the molecule is CC(C)c1nnc(NC(=O)CN2CCCC(O)(COc3cccc(Cl)c3)CC2)s1. The van der Waals surface area contributed by atoms with Crippen molar-refractivity contribution in [2.45, 2.75) is 44.6 Å².